The first-order valence-electron chi connectivity index (χ1n) is 11.8. The zero-order valence-electron chi connectivity index (χ0n) is 21.8. The van der Waals surface area contributed by atoms with Crippen LogP contribution in [0.1, 0.15) is 31.0 Å². The van der Waals surface area contributed by atoms with Gasteiger partial charge in [0.15, 0.2) is 17.2 Å². The molecule has 1 aromatic heterocycles. The van der Waals surface area contributed by atoms with E-state index in [1.165, 1.54) is 30.9 Å². The standard InChI is InChI=1S/C27H24Cl2N2O8S/c1-5-38-26(35)22-13(2)30-27-31(23(22)16-11-15(36-3)6-7-19(16)37-4)25(34)20(40-27)10-14-8-17(28)24(18(29)9-14)39-12-21(32)33/h6-11,23H,5,12H2,1-4H3,(H,32,33)/b20-10+. The van der Waals surface area contributed by atoms with Gasteiger partial charge in [-0.25, -0.2) is 14.6 Å². The second-order valence-corrected chi connectivity index (χ2v) is 10.2. The van der Waals surface area contributed by atoms with Crippen molar-refractivity contribution < 1.29 is 33.6 Å². The highest BCUT2D eigenvalue weighted by molar-refractivity contribution is 7.07. The molecule has 0 saturated carbocycles. The molecule has 0 bridgehead atoms. The molecule has 0 fully saturated rings. The number of nitrogens with zero attached hydrogens (tertiary/aromatic N) is 2. The van der Waals surface area contributed by atoms with E-state index in [9.17, 15) is 14.4 Å². The third-order valence-corrected chi connectivity index (χ3v) is 7.45. The van der Waals surface area contributed by atoms with Crippen molar-refractivity contribution in [2.45, 2.75) is 19.9 Å². The molecule has 1 aliphatic rings. The Balaban J connectivity index is 1.93. The molecule has 1 N–H and O–H groups in total. The third-order valence-electron chi connectivity index (χ3n) is 5.91. The lowest BCUT2D eigenvalue weighted by molar-refractivity contribution is -0.140. The number of allylic oxidation sites excluding steroid dienone is 1. The second kappa shape index (κ2) is 12.2. The van der Waals surface area contributed by atoms with Gasteiger partial charge in [0.1, 0.15) is 17.5 Å². The molecular formula is C27H24Cl2N2O8S. The Hall–Kier alpha value is -3.80. The summed E-state index contributed by atoms with van der Waals surface area (Å²) < 4.78 is 23.2. The van der Waals surface area contributed by atoms with Gasteiger partial charge in [-0.05, 0) is 55.8 Å². The average molecular weight is 607 g/mol. The number of carboxylic acids is 1. The van der Waals surface area contributed by atoms with Crippen molar-refractivity contribution in [2.75, 3.05) is 27.4 Å². The van der Waals surface area contributed by atoms with Crippen LogP contribution in [-0.4, -0.2) is 49.0 Å². The number of benzene rings is 2. The van der Waals surface area contributed by atoms with Gasteiger partial charge in [0.25, 0.3) is 5.56 Å². The number of esters is 1. The summed E-state index contributed by atoms with van der Waals surface area (Å²) in [4.78, 5) is 42.8. The number of carboxylic acid groups (broad SMARTS) is 1. The van der Waals surface area contributed by atoms with Crippen LogP contribution >= 0.6 is 34.5 Å². The molecule has 13 heteroatoms. The van der Waals surface area contributed by atoms with Crippen LogP contribution < -0.4 is 29.1 Å². The molecular weight excluding hydrogens is 583 g/mol. The fourth-order valence-electron chi connectivity index (χ4n) is 4.22. The number of methoxy groups -OCH3 is 2. The van der Waals surface area contributed by atoms with Gasteiger partial charge in [-0.3, -0.25) is 9.36 Å². The number of ether oxygens (including phenoxy) is 4. The topological polar surface area (TPSA) is 126 Å². The normalized spacial score (nSPS) is 14.8. The van der Waals surface area contributed by atoms with Gasteiger partial charge in [0.2, 0.25) is 0 Å². The van der Waals surface area contributed by atoms with Crippen molar-refractivity contribution in [1.82, 2.24) is 4.57 Å². The van der Waals surface area contributed by atoms with Crippen molar-refractivity contribution in [2.24, 2.45) is 4.99 Å². The van der Waals surface area contributed by atoms with Crippen molar-refractivity contribution in [3.8, 4) is 17.2 Å². The van der Waals surface area contributed by atoms with Crippen LogP contribution in [0, 0.1) is 0 Å². The summed E-state index contributed by atoms with van der Waals surface area (Å²) in [6.45, 7) is 2.89. The highest BCUT2D eigenvalue weighted by Crippen LogP contribution is 2.38. The molecule has 4 rings (SSSR count). The molecule has 0 spiro atoms. The summed E-state index contributed by atoms with van der Waals surface area (Å²) >= 11 is 13.7. The van der Waals surface area contributed by atoms with Crippen LogP contribution in [0.5, 0.6) is 17.2 Å². The maximum absolute atomic E-state index is 13.9. The van der Waals surface area contributed by atoms with Crippen molar-refractivity contribution >= 4 is 52.6 Å². The number of hydrogen-bond acceptors (Lipinski definition) is 9. The summed E-state index contributed by atoms with van der Waals surface area (Å²) in [5.41, 5.74) is 1.15. The van der Waals surface area contributed by atoms with E-state index in [4.69, 9.17) is 47.3 Å². The monoisotopic (exact) mass is 606 g/mol. The van der Waals surface area contributed by atoms with E-state index >= 15 is 0 Å². The minimum atomic E-state index is -1.18. The van der Waals surface area contributed by atoms with Crippen LogP contribution in [0.3, 0.4) is 0 Å². The molecule has 0 radical (unpaired) electrons. The Morgan fingerprint density at radius 3 is 2.45 bits per heavy atom. The van der Waals surface area contributed by atoms with Gasteiger partial charge in [0.05, 0.1) is 46.7 Å². The number of hydrogen-bond donors (Lipinski definition) is 1. The number of fused-ring (bicyclic) bond motifs is 1. The molecule has 10 nitrogen and oxygen atoms in total. The van der Waals surface area contributed by atoms with Crippen molar-refractivity contribution in [1.29, 1.82) is 0 Å². The first-order valence-corrected chi connectivity index (χ1v) is 13.4. The van der Waals surface area contributed by atoms with E-state index in [2.05, 4.69) is 4.99 Å². The first kappa shape index (κ1) is 29.2. The molecule has 1 aliphatic heterocycles. The largest absolute Gasteiger partial charge is 0.497 e. The van der Waals surface area contributed by atoms with E-state index in [0.29, 0.717) is 33.1 Å². The zero-order chi connectivity index (χ0) is 29.1. The molecule has 0 amide bonds. The molecule has 40 heavy (non-hydrogen) atoms. The van der Waals surface area contributed by atoms with Crippen LogP contribution in [-0.2, 0) is 14.3 Å². The fraction of sp³-hybridized carbons (Fsp3) is 0.259. The lowest BCUT2D eigenvalue weighted by atomic mass is 9.94. The molecule has 210 valence electrons. The van der Waals surface area contributed by atoms with Gasteiger partial charge in [-0.15, -0.1) is 0 Å². The fourth-order valence-corrected chi connectivity index (χ4v) is 5.88. The molecule has 1 atom stereocenters. The van der Waals surface area contributed by atoms with Gasteiger partial charge < -0.3 is 24.1 Å². The predicted molar refractivity (Wildman–Crippen MR) is 150 cm³/mol. The van der Waals surface area contributed by atoms with Crippen LogP contribution in [0.25, 0.3) is 6.08 Å². The van der Waals surface area contributed by atoms with Crippen molar-refractivity contribution in [3.05, 3.63) is 82.5 Å². The maximum Gasteiger partial charge on any atom is 0.341 e. The lowest BCUT2D eigenvalue weighted by Gasteiger charge is -2.26. The summed E-state index contributed by atoms with van der Waals surface area (Å²) in [6.07, 6.45) is 1.58. The predicted octanol–water partition coefficient (Wildman–Crippen LogP) is 3.59. The van der Waals surface area contributed by atoms with E-state index < -0.39 is 30.1 Å². The van der Waals surface area contributed by atoms with Crippen LogP contribution in [0.2, 0.25) is 10.0 Å². The minimum Gasteiger partial charge on any atom is -0.497 e. The molecule has 3 aromatic rings. The van der Waals surface area contributed by atoms with Crippen LogP contribution in [0.15, 0.2) is 51.4 Å². The number of halogens is 2. The second-order valence-electron chi connectivity index (χ2n) is 8.41. The number of aromatic nitrogens is 1. The Labute approximate surface area is 242 Å². The highest BCUT2D eigenvalue weighted by atomic mass is 35.5. The quantitative estimate of drug-likeness (QED) is 0.366. The molecule has 2 aromatic carbocycles. The first-order chi connectivity index (χ1) is 19.1. The van der Waals surface area contributed by atoms with Crippen LogP contribution in [0.4, 0.5) is 0 Å². The van der Waals surface area contributed by atoms with E-state index in [-0.39, 0.29) is 32.5 Å². The average Bonchev–Trinajstić information content (AvgIpc) is 3.20. The van der Waals surface area contributed by atoms with E-state index in [1.807, 2.05) is 0 Å². The van der Waals surface area contributed by atoms with Crippen molar-refractivity contribution in [3.63, 3.8) is 0 Å². The zero-order valence-corrected chi connectivity index (χ0v) is 24.1. The maximum atomic E-state index is 13.9. The van der Waals surface area contributed by atoms with Gasteiger partial charge >= 0.3 is 11.9 Å². The number of aliphatic carboxylic acids is 1. The third kappa shape index (κ3) is 5.72. The number of carbonyl (C=O) groups is 2. The molecule has 1 unspecified atom stereocenters. The number of rotatable bonds is 9. The summed E-state index contributed by atoms with van der Waals surface area (Å²) in [6, 6.07) is 7.20. The Kier molecular flexibility index (Phi) is 8.87. The smallest absolute Gasteiger partial charge is 0.341 e. The Morgan fingerprint density at radius 2 is 1.85 bits per heavy atom. The summed E-state index contributed by atoms with van der Waals surface area (Å²) in [5, 5.41) is 9.03. The van der Waals surface area contributed by atoms with E-state index in [0.717, 1.165) is 11.3 Å². The van der Waals surface area contributed by atoms with E-state index in [1.54, 1.807) is 38.1 Å². The highest BCUT2D eigenvalue weighted by Gasteiger charge is 2.35. The number of thiazole rings is 1. The molecule has 0 saturated heterocycles. The molecule has 0 aliphatic carbocycles. The lowest BCUT2D eigenvalue weighted by Crippen LogP contribution is -2.40. The van der Waals surface area contributed by atoms with Gasteiger partial charge in [0, 0.05) is 5.56 Å². The Morgan fingerprint density at radius 1 is 1.15 bits per heavy atom. The summed E-state index contributed by atoms with van der Waals surface area (Å²) in [5.74, 6) is -0.831. The molecule has 2 heterocycles. The Bertz CT molecular complexity index is 1690. The van der Waals surface area contributed by atoms with Gasteiger partial charge in [-0.1, -0.05) is 34.5 Å². The minimum absolute atomic E-state index is 0.0177. The number of carbonyl (C=O) groups excluding carboxylic acids is 1. The van der Waals surface area contributed by atoms with Gasteiger partial charge in [-0.2, -0.15) is 0 Å². The summed E-state index contributed by atoms with van der Waals surface area (Å²) in [7, 11) is 3.01. The SMILES string of the molecule is CCOC(=O)C1=C(C)N=c2s/c(=C/c3cc(Cl)c(OCC(=O)O)c(Cl)c3)c(=O)n2C1c1cc(OC)ccc1OC.